The van der Waals surface area contributed by atoms with Gasteiger partial charge in [0.2, 0.25) is 0 Å². The van der Waals surface area contributed by atoms with E-state index in [4.69, 9.17) is 0 Å². The van der Waals surface area contributed by atoms with Crippen molar-refractivity contribution in [2.45, 2.75) is 40.5 Å². The quantitative estimate of drug-likeness (QED) is 0.592. The standard InChI is InChI=1S/C21H24BrNO/c1-5-9-20(24)21(17-11-6-7-12-18(17)22)16(4)23-19-13-8-10-14(2)15(19)3/h6-8,10-13,23H,5,9H2,1-4H3/b21-16+. The Hall–Kier alpha value is -1.87. The Morgan fingerprint density at radius 2 is 1.79 bits per heavy atom. The second-order valence-electron chi connectivity index (χ2n) is 6.03. The van der Waals surface area contributed by atoms with Gasteiger partial charge in [0.15, 0.2) is 5.78 Å². The van der Waals surface area contributed by atoms with Crippen molar-refractivity contribution in [1.82, 2.24) is 0 Å². The molecule has 1 N–H and O–H groups in total. The highest BCUT2D eigenvalue weighted by Gasteiger charge is 2.17. The fraction of sp³-hybridized carbons (Fsp3) is 0.286. The molecular formula is C21H24BrNO. The second-order valence-corrected chi connectivity index (χ2v) is 6.88. The molecule has 0 aliphatic rings. The van der Waals surface area contributed by atoms with Gasteiger partial charge in [-0.05, 0) is 50.5 Å². The number of hydrogen-bond acceptors (Lipinski definition) is 2. The van der Waals surface area contributed by atoms with E-state index in [-0.39, 0.29) is 5.78 Å². The van der Waals surface area contributed by atoms with Gasteiger partial charge >= 0.3 is 0 Å². The summed E-state index contributed by atoms with van der Waals surface area (Å²) < 4.78 is 0.937. The Kier molecular flexibility index (Phi) is 6.38. The van der Waals surface area contributed by atoms with Crippen LogP contribution >= 0.6 is 15.9 Å². The van der Waals surface area contributed by atoms with Gasteiger partial charge in [-0.1, -0.05) is 53.2 Å². The first-order valence-electron chi connectivity index (χ1n) is 8.28. The minimum absolute atomic E-state index is 0.166. The average Bonchev–Trinajstić information content (AvgIpc) is 2.54. The van der Waals surface area contributed by atoms with Crippen LogP contribution in [0.1, 0.15) is 43.4 Å². The Morgan fingerprint density at radius 3 is 2.46 bits per heavy atom. The molecule has 2 aromatic rings. The molecule has 0 spiro atoms. The summed E-state index contributed by atoms with van der Waals surface area (Å²) in [7, 11) is 0. The molecule has 0 aromatic heterocycles. The molecule has 0 heterocycles. The summed E-state index contributed by atoms with van der Waals surface area (Å²) in [6.45, 7) is 8.19. The van der Waals surface area contributed by atoms with Crippen molar-refractivity contribution in [2.75, 3.05) is 5.32 Å². The zero-order valence-electron chi connectivity index (χ0n) is 14.7. The van der Waals surface area contributed by atoms with E-state index in [2.05, 4.69) is 41.2 Å². The smallest absolute Gasteiger partial charge is 0.165 e. The Morgan fingerprint density at radius 1 is 1.08 bits per heavy atom. The molecule has 0 radical (unpaired) electrons. The van der Waals surface area contributed by atoms with Crippen molar-refractivity contribution in [3.8, 4) is 0 Å². The van der Waals surface area contributed by atoms with Crippen LogP contribution in [0.25, 0.3) is 5.57 Å². The first kappa shape index (κ1) is 18.5. The normalized spacial score (nSPS) is 11.9. The lowest BCUT2D eigenvalue weighted by Crippen LogP contribution is -2.10. The predicted octanol–water partition coefficient (Wildman–Crippen LogP) is 6.28. The number of hydrogen-bond donors (Lipinski definition) is 1. The van der Waals surface area contributed by atoms with Crippen LogP contribution in [0, 0.1) is 13.8 Å². The maximum absolute atomic E-state index is 12.8. The largest absolute Gasteiger partial charge is 0.358 e. The van der Waals surface area contributed by atoms with Gasteiger partial charge in [-0.25, -0.2) is 0 Å². The van der Waals surface area contributed by atoms with Crippen molar-refractivity contribution in [1.29, 1.82) is 0 Å². The summed E-state index contributed by atoms with van der Waals surface area (Å²) in [6, 6.07) is 14.1. The van der Waals surface area contributed by atoms with Crippen LogP contribution in [-0.4, -0.2) is 5.78 Å². The molecule has 0 aliphatic carbocycles. The zero-order chi connectivity index (χ0) is 17.7. The molecule has 0 atom stereocenters. The Balaban J connectivity index is 2.52. The number of allylic oxidation sites excluding steroid dienone is 2. The highest BCUT2D eigenvalue weighted by Crippen LogP contribution is 2.30. The van der Waals surface area contributed by atoms with Crippen LogP contribution in [0.5, 0.6) is 0 Å². The van der Waals surface area contributed by atoms with Crippen LogP contribution in [0.3, 0.4) is 0 Å². The van der Waals surface area contributed by atoms with E-state index in [1.54, 1.807) is 0 Å². The number of aryl methyl sites for hydroxylation is 1. The maximum atomic E-state index is 12.8. The van der Waals surface area contributed by atoms with Gasteiger partial charge in [0, 0.05) is 33.4 Å². The van der Waals surface area contributed by atoms with E-state index in [1.165, 1.54) is 11.1 Å². The van der Waals surface area contributed by atoms with Crippen molar-refractivity contribution < 1.29 is 4.79 Å². The summed E-state index contributed by atoms with van der Waals surface area (Å²) in [5, 5.41) is 3.45. The van der Waals surface area contributed by atoms with Gasteiger partial charge in [0.1, 0.15) is 0 Å². The average molecular weight is 386 g/mol. The summed E-state index contributed by atoms with van der Waals surface area (Å²) >= 11 is 3.58. The van der Waals surface area contributed by atoms with Crippen LogP contribution < -0.4 is 5.32 Å². The van der Waals surface area contributed by atoms with Crippen LogP contribution in [0.4, 0.5) is 5.69 Å². The number of carbonyl (C=O) groups is 1. The van der Waals surface area contributed by atoms with Gasteiger partial charge in [-0.2, -0.15) is 0 Å². The molecule has 0 amide bonds. The van der Waals surface area contributed by atoms with E-state index < -0.39 is 0 Å². The van der Waals surface area contributed by atoms with Gasteiger partial charge < -0.3 is 5.32 Å². The molecule has 126 valence electrons. The highest BCUT2D eigenvalue weighted by molar-refractivity contribution is 9.10. The zero-order valence-corrected chi connectivity index (χ0v) is 16.3. The molecule has 0 fully saturated rings. The molecule has 0 unspecified atom stereocenters. The fourth-order valence-corrected chi connectivity index (χ4v) is 3.21. The van der Waals surface area contributed by atoms with Crippen molar-refractivity contribution in [3.63, 3.8) is 0 Å². The minimum atomic E-state index is 0.166. The van der Waals surface area contributed by atoms with Gasteiger partial charge in [-0.3, -0.25) is 4.79 Å². The summed E-state index contributed by atoms with van der Waals surface area (Å²) in [5.41, 5.74) is 6.05. The molecule has 2 rings (SSSR count). The number of benzene rings is 2. The number of rotatable bonds is 6. The highest BCUT2D eigenvalue weighted by atomic mass is 79.9. The monoisotopic (exact) mass is 385 g/mol. The van der Waals surface area contributed by atoms with Gasteiger partial charge in [-0.15, -0.1) is 0 Å². The molecular weight excluding hydrogens is 362 g/mol. The molecule has 24 heavy (non-hydrogen) atoms. The lowest BCUT2D eigenvalue weighted by molar-refractivity contribution is -0.113. The van der Waals surface area contributed by atoms with Crippen LogP contribution in [0.2, 0.25) is 0 Å². The van der Waals surface area contributed by atoms with E-state index in [0.717, 1.165) is 33.4 Å². The van der Waals surface area contributed by atoms with E-state index >= 15 is 0 Å². The molecule has 0 bridgehead atoms. The molecule has 2 aromatic carbocycles. The third-order valence-corrected chi connectivity index (χ3v) is 4.89. The first-order chi connectivity index (χ1) is 11.5. The molecule has 0 aliphatic heterocycles. The second kappa shape index (κ2) is 8.29. The van der Waals surface area contributed by atoms with E-state index in [1.807, 2.05) is 50.2 Å². The van der Waals surface area contributed by atoms with Crippen molar-refractivity contribution >= 4 is 33.0 Å². The summed E-state index contributed by atoms with van der Waals surface area (Å²) in [5.74, 6) is 0.166. The minimum Gasteiger partial charge on any atom is -0.358 e. The number of carbonyl (C=O) groups excluding carboxylic acids is 1. The summed E-state index contributed by atoms with van der Waals surface area (Å²) in [6.07, 6.45) is 1.38. The molecule has 2 nitrogen and oxygen atoms in total. The number of ketones is 1. The van der Waals surface area contributed by atoms with Gasteiger partial charge in [0.25, 0.3) is 0 Å². The number of halogens is 1. The third kappa shape index (κ3) is 4.15. The Labute approximate surface area is 153 Å². The molecule has 0 saturated carbocycles. The lowest BCUT2D eigenvalue weighted by Gasteiger charge is -2.17. The van der Waals surface area contributed by atoms with Crippen LogP contribution in [0.15, 0.2) is 52.6 Å². The van der Waals surface area contributed by atoms with Gasteiger partial charge in [0.05, 0.1) is 0 Å². The number of nitrogens with one attached hydrogen (secondary N) is 1. The van der Waals surface area contributed by atoms with E-state index in [0.29, 0.717) is 6.42 Å². The predicted molar refractivity (Wildman–Crippen MR) is 106 cm³/mol. The number of Topliss-reactive ketones (excluding diaryl/α,β-unsaturated/α-hetero) is 1. The van der Waals surface area contributed by atoms with E-state index in [9.17, 15) is 4.79 Å². The maximum Gasteiger partial charge on any atom is 0.165 e. The lowest BCUT2D eigenvalue weighted by atomic mass is 9.96. The van der Waals surface area contributed by atoms with Crippen molar-refractivity contribution in [2.24, 2.45) is 0 Å². The fourth-order valence-electron chi connectivity index (χ4n) is 2.73. The number of anilines is 1. The summed E-state index contributed by atoms with van der Waals surface area (Å²) in [4.78, 5) is 12.8. The van der Waals surface area contributed by atoms with Crippen molar-refractivity contribution in [3.05, 3.63) is 69.3 Å². The van der Waals surface area contributed by atoms with Crippen LogP contribution in [-0.2, 0) is 4.79 Å². The third-order valence-electron chi connectivity index (χ3n) is 4.20. The topological polar surface area (TPSA) is 29.1 Å². The molecule has 0 saturated heterocycles. The Bertz CT molecular complexity index is 777. The first-order valence-corrected chi connectivity index (χ1v) is 9.07. The SMILES string of the molecule is CCCC(=O)/C(=C(\C)Nc1cccc(C)c1C)c1ccccc1Br. The molecule has 3 heteroatoms.